The molecule has 1 aromatic rings. The lowest BCUT2D eigenvalue weighted by Gasteiger charge is -2.21. The van der Waals surface area contributed by atoms with Crippen LogP contribution < -0.4 is 0 Å². The fourth-order valence-electron chi connectivity index (χ4n) is 2.49. The van der Waals surface area contributed by atoms with Crippen molar-refractivity contribution in [2.75, 3.05) is 6.54 Å². The molecule has 7 heteroatoms. The Labute approximate surface area is 129 Å². The zero-order chi connectivity index (χ0) is 16.5. The topological polar surface area (TPSA) is 91.8 Å². The van der Waals surface area contributed by atoms with E-state index in [0.29, 0.717) is 24.9 Å². The van der Waals surface area contributed by atoms with E-state index in [4.69, 9.17) is 5.11 Å². The molecule has 1 atom stereocenters. The molecule has 22 heavy (non-hydrogen) atoms. The highest BCUT2D eigenvalue weighted by Crippen LogP contribution is 2.22. The molecule has 1 fully saturated rings. The third-order valence-electron chi connectivity index (χ3n) is 3.85. The molecule has 6 nitrogen and oxygen atoms in total. The van der Waals surface area contributed by atoms with Crippen molar-refractivity contribution in [2.45, 2.75) is 42.9 Å². The van der Waals surface area contributed by atoms with E-state index in [0.717, 1.165) is 0 Å². The zero-order valence-electron chi connectivity index (χ0n) is 12.5. The highest BCUT2D eigenvalue weighted by Gasteiger charge is 2.34. The number of aliphatic carboxylic acids is 1. The first-order valence-corrected chi connectivity index (χ1v) is 8.67. The van der Waals surface area contributed by atoms with Crippen LogP contribution in [0.25, 0.3) is 0 Å². The lowest BCUT2D eigenvalue weighted by Crippen LogP contribution is -2.40. The van der Waals surface area contributed by atoms with Gasteiger partial charge in [-0.15, -0.1) is 0 Å². The van der Waals surface area contributed by atoms with E-state index < -0.39 is 27.1 Å². The summed E-state index contributed by atoms with van der Waals surface area (Å²) < 4.78 is 24.1. The maximum Gasteiger partial charge on any atom is 0.326 e. The minimum Gasteiger partial charge on any atom is -0.480 e. The molecule has 1 aromatic carbocycles. The monoisotopic (exact) mass is 325 g/mol. The van der Waals surface area contributed by atoms with E-state index in [9.17, 15) is 18.0 Å². The highest BCUT2D eigenvalue weighted by molar-refractivity contribution is 7.92. The van der Waals surface area contributed by atoms with E-state index in [-0.39, 0.29) is 10.8 Å². The molecule has 1 amide bonds. The average Bonchev–Trinajstić information content (AvgIpc) is 2.96. The van der Waals surface area contributed by atoms with Gasteiger partial charge in [0.15, 0.2) is 9.84 Å². The van der Waals surface area contributed by atoms with E-state index >= 15 is 0 Å². The first kappa shape index (κ1) is 16.5. The minimum absolute atomic E-state index is 0.162. The van der Waals surface area contributed by atoms with Crippen LogP contribution in [-0.2, 0) is 14.6 Å². The standard InChI is InChI=1S/C15H19NO5S/c1-10(2)22(20,21)12-7-5-11(6-8-12)14(17)16-9-3-4-13(16)15(18)19/h5-8,10,13H,3-4,9H2,1-2H3,(H,18,19)/t13-/m0/s1. The van der Waals surface area contributed by atoms with Gasteiger partial charge in [0.05, 0.1) is 10.1 Å². The SMILES string of the molecule is CC(C)S(=O)(=O)c1ccc(C(=O)N2CCC[C@H]2C(=O)O)cc1. The molecule has 0 saturated carbocycles. The molecule has 0 radical (unpaired) electrons. The first-order chi connectivity index (χ1) is 10.2. The normalized spacial score (nSPS) is 18.7. The maximum absolute atomic E-state index is 12.4. The van der Waals surface area contributed by atoms with Crippen molar-refractivity contribution in [3.05, 3.63) is 29.8 Å². The highest BCUT2D eigenvalue weighted by atomic mass is 32.2. The zero-order valence-corrected chi connectivity index (χ0v) is 13.3. The smallest absolute Gasteiger partial charge is 0.326 e. The summed E-state index contributed by atoms with van der Waals surface area (Å²) in [5.74, 6) is -1.39. The Kier molecular flexibility index (Phi) is 4.55. The van der Waals surface area contributed by atoms with Crippen molar-refractivity contribution < 1.29 is 23.1 Å². The number of hydrogen-bond acceptors (Lipinski definition) is 4. The Balaban J connectivity index is 2.24. The fraction of sp³-hybridized carbons (Fsp3) is 0.467. The number of sulfone groups is 1. The molecule has 0 bridgehead atoms. The van der Waals surface area contributed by atoms with Gasteiger partial charge in [-0.05, 0) is 51.0 Å². The van der Waals surface area contributed by atoms with Gasteiger partial charge in [-0.2, -0.15) is 0 Å². The molecule has 1 saturated heterocycles. The summed E-state index contributed by atoms with van der Waals surface area (Å²) in [5.41, 5.74) is 0.302. The van der Waals surface area contributed by atoms with Crippen molar-refractivity contribution >= 4 is 21.7 Å². The van der Waals surface area contributed by atoms with E-state index in [1.807, 2.05) is 0 Å². The Morgan fingerprint density at radius 2 is 1.82 bits per heavy atom. The molecule has 120 valence electrons. The summed E-state index contributed by atoms with van der Waals surface area (Å²) in [6, 6.07) is 4.87. The Bertz CT molecular complexity index is 678. The molecule has 0 spiro atoms. The number of carboxylic acid groups (broad SMARTS) is 1. The van der Waals surface area contributed by atoms with Crippen molar-refractivity contribution in [3.63, 3.8) is 0 Å². The van der Waals surface area contributed by atoms with Gasteiger partial charge in [-0.1, -0.05) is 0 Å². The second-order valence-electron chi connectivity index (χ2n) is 5.61. The van der Waals surface area contributed by atoms with Crippen LogP contribution in [-0.4, -0.2) is 48.1 Å². The summed E-state index contributed by atoms with van der Waals surface area (Å²) >= 11 is 0. The van der Waals surface area contributed by atoms with E-state index in [1.54, 1.807) is 13.8 Å². The van der Waals surface area contributed by atoms with Crippen LogP contribution in [0.4, 0.5) is 0 Å². The third-order valence-corrected chi connectivity index (χ3v) is 6.02. The molecule has 1 aliphatic heterocycles. The fourth-order valence-corrected chi connectivity index (χ4v) is 3.55. The lowest BCUT2D eigenvalue weighted by atomic mass is 10.1. The minimum atomic E-state index is -3.38. The number of carbonyl (C=O) groups excluding carboxylic acids is 1. The number of rotatable bonds is 4. The number of likely N-dealkylation sites (tertiary alicyclic amines) is 1. The number of benzene rings is 1. The van der Waals surface area contributed by atoms with Gasteiger partial charge in [0.2, 0.25) is 0 Å². The second-order valence-corrected chi connectivity index (χ2v) is 8.12. The second kappa shape index (κ2) is 6.08. The third kappa shape index (κ3) is 2.99. The van der Waals surface area contributed by atoms with Gasteiger partial charge in [0.1, 0.15) is 6.04 Å². The molecular weight excluding hydrogens is 306 g/mol. The Morgan fingerprint density at radius 3 is 2.32 bits per heavy atom. The average molecular weight is 325 g/mol. The van der Waals surface area contributed by atoms with E-state index in [1.165, 1.54) is 29.2 Å². The van der Waals surface area contributed by atoms with Crippen LogP contribution in [0.5, 0.6) is 0 Å². The summed E-state index contributed by atoms with van der Waals surface area (Å²) in [5, 5.41) is 8.58. The van der Waals surface area contributed by atoms with Gasteiger partial charge in [0.25, 0.3) is 5.91 Å². The van der Waals surface area contributed by atoms with Crippen molar-refractivity contribution in [2.24, 2.45) is 0 Å². The molecule has 1 heterocycles. The van der Waals surface area contributed by atoms with E-state index in [2.05, 4.69) is 0 Å². The quantitative estimate of drug-likeness (QED) is 0.907. The molecule has 0 aromatic heterocycles. The summed E-state index contributed by atoms with van der Waals surface area (Å²) in [6.45, 7) is 3.59. The van der Waals surface area contributed by atoms with Gasteiger partial charge >= 0.3 is 5.97 Å². The van der Waals surface area contributed by atoms with Crippen LogP contribution in [0.3, 0.4) is 0 Å². The number of nitrogens with zero attached hydrogens (tertiary/aromatic N) is 1. The van der Waals surface area contributed by atoms with Crippen LogP contribution in [0.15, 0.2) is 29.2 Å². The van der Waals surface area contributed by atoms with Gasteiger partial charge in [-0.3, -0.25) is 4.79 Å². The van der Waals surface area contributed by atoms with Crippen LogP contribution >= 0.6 is 0 Å². The summed E-state index contributed by atoms with van der Waals surface area (Å²) in [4.78, 5) is 25.0. The van der Waals surface area contributed by atoms with Crippen molar-refractivity contribution in [1.29, 1.82) is 0 Å². The molecule has 1 aliphatic rings. The van der Waals surface area contributed by atoms with Gasteiger partial charge in [0, 0.05) is 12.1 Å². The molecule has 1 N–H and O–H groups in total. The van der Waals surface area contributed by atoms with Crippen molar-refractivity contribution in [3.8, 4) is 0 Å². The molecule has 2 rings (SSSR count). The predicted octanol–water partition coefficient (Wildman–Crippen LogP) is 1.56. The predicted molar refractivity (Wildman–Crippen MR) is 80.5 cm³/mol. The van der Waals surface area contributed by atoms with Gasteiger partial charge < -0.3 is 10.0 Å². The van der Waals surface area contributed by atoms with Crippen LogP contribution in [0.2, 0.25) is 0 Å². The summed E-state index contributed by atoms with van der Waals surface area (Å²) in [6.07, 6.45) is 1.10. The number of hydrogen-bond donors (Lipinski definition) is 1. The summed E-state index contributed by atoms with van der Waals surface area (Å²) in [7, 11) is -3.38. The number of carbonyl (C=O) groups is 2. The van der Waals surface area contributed by atoms with Crippen LogP contribution in [0, 0.1) is 0 Å². The lowest BCUT2D eigenvalue weighted by molar-refractivity contribution is -0.141. The maximum atomic E-state index is 12.4. The Hall–Kier alpha value is -1.89. The number of carboxylic acids is 1. The first-order valence-electron chi connectivity index (χ1n) is 7.13. The van der Waals surface area contributed by atoms with Gasteiger partial charge in [-0.25, -0.2) is 13.2 Å². The number of amides is 1. The molecular formula is C15H19NO5S. The Morgan fingerprint density at radius 1 is 1.23 bits per heavy atom. The molecule has 0 aliphatic carbocycles. The van der Waals surface area contributed by atoms with Crippen LogP contribution in [0.1, 0.15) is 37.0 Å². The van der Waals surface area contributed by atoms with Crippen molar-refractivity contribution in [1.82, 2.24) is 4.90 Å². The molecule has 0 unspecified atom stereocenters. The largest absolute Gasteiger partial charge is 0.480 e.